The molecule has 0 bridgehead atoms. The highest BCUT2D eigenvalue weighted by Crippen LogP contribution is 2.30. The molecular weight excluding hydrogens is 212 g/mol. The molecule has 0 aromatic carbocycles. The van der Waals surface area contributed by atoms with Crippen LogP contribution in [0.4, 0.5) is 0 Å². The fourth-order valence-corrected chi connectivity index (χ4v) is 1.49. The van der Waals surface area contributed by atoms with Crippen LogP contribution in [0.25, 0.3) is 0 Å². The molecule has 0 saturated heterocycles. The lowest BCUT2D eigenvalue weighted by Crippen LogP contribution is -2.29. The predicted molar refractivity (Wildman–Crippen MR) is 56.8 cm³/mol. The van der Waals surface area contributed by atoms with Crippen molar-refractivity contribution in [1.82, 2.24) is 0 Å². The SMILES string of the molecule is COC(=O)CC(C)(C)CC(C(C)=O)C(=O)O. The number of aliphatic carboxylic acids is 1. The molecule has 0 saturated carbocycles. The van der Waals surface area contributed by atoms with E-state index in [0.717, 1.165) is 0 Å². The number of hydrogen-bond acceptors (Lipinski definition) is 4. The molecule has 0 aliphatic carbocycles. The van der Waals surface area contributed by atoms with E-state index in [9.17, 15) is 14.4 Å². The second-order valence-corrected chi connectivity index (χ2v) is 4.62. The number of ether oxygens (including phenoxy) is 1. The maximum Gasteiger partial charge on any atom is 0.314 e. The van der Waals surface area contributed by atoms with Crippen LogP contribution in [0.1, 0.15) is 33.6 Å². The van der Waals surface area contributed by atoms with E-state index in [0.29, 0.717) is 0 Å². The summed E-state index contributed by atoms with van der Waals surface area (Å²) in [5.41, 5.74) is -0.568. The average Bonchev–Trinajstić information content (AvgIpc) is 2.12. The molecule has 0 aromatic heterocycles. The number of ketones is 1. The third-order valence-electron chi connectivity index (χ3n) is 2.40. The first-order valence-electron chi connectivity index (χ1n) is 4.99. The largest absolute Gasteiger partial charge is 0.481 e. The lowest BCUT2D eigenvalue weighted by Gasteiger charge is -2.25. The Bertz CT molecular complexity index is 279. The summed E-state index contributed by atoms with van der Waals surface area (Å²) in [6, 6.07) is 0. The molecule has 1 unspecified atom stereocenters. The van der Waals surface area contributed by atoms with Crippen molar-refractivity contribution in [3.63, 3.8) is 0 Å². The van der Waals surface area contributed by atoms with Crippen LogP contribution in [0.3, 0.4) is 0 Å². The molecule has 0 heterocycles. The fourth-order valence-electron chi connectivity index (χ4n) is 1.49. The minimum Gasteiger partial charge on any atom is -0.481 e. The molecule has 1 atom stereocenters. The lowest BCUT2D eigenvalue weighted by molar-refractivity contribution is -0.149. The number of methoxy groups -OCH3 is 1. The summed E-state index contributed by atoms with van der Waals surface area (Å²) in [4.78, 5) is 33.1. The number of carboxylic acid groups (broad SMARTS) is 1. The van der Waals surface area contributed by atoms with Crippen LogP contribution in [0.15, 0.2) is 0 Å². The number of esters is 1. The first kappa shape index (κ1) is 14.6. The Morgan fingerprint density at radius 3 is 2.12 bits per heavy atom. The standard InChI is InChI=1S/C11H18O5/c1-7(12)8(10(14)15)5-11(2,3)6-9(13)16-4/h8H,5-6H2,1-4H3,(H,14,15). The van der Waals surface area contributed by atoms with Crippen LogP contribution in [0.5, 0.6) is 0 Å². The van der Waals surface area contributed by atoms with Gasteiger partial charge in [-0.25, -0.2) is 0 Å². The van der Waals surface area contributed by atoms with Crippen LogP contribution in [0, 0.1) is 11.3 Å². The van der Waals surface area contributed by atoms with Gasteiger partial charge in [-0.1, -0.05) is 13.8 Å². The number of carbonyl (C=O) groups excluding carboxylic acids is 2. The van der Waals surface area contributed by atoms with E-state index >= 15 is 0 Å². The molecule has 0 spiro atoms. The van der Waals surface area contributed by atoms with Gasteiger partial charge in [0.05, 0.1) is 13.5 Å². The Balaban J connectivity index is 4.59. The molecule has 0 rings (SSSR count). The first-order chi connectivity index (χ1) is 7.19. The summed E-state index contributed by atoms with van der Waals surface area (Å²) >= 11 is 0. The van der Waals surface area contributed by atoms with Gasteiger partial charge in [0.1, 0.15) is 11.7 Å². The van der Waals surface area contributed by atoms with Crippen LogP contribution < -0.4 is 0 Å². The Morgan fingerprint density at radius 2 is 1.81 bits per heavy atom. The van der Waals surface area contributed by atoms with Crippen LogP contribution in [-0.4, -0.2) is 29.9 Å². The molecule has 16 heavy (non-hydrogen) atoms. The van der Waals surface area contributed by atoms with Crippen LogP contribution in [-0.2, 0) is 19.1 Å². The smallest absolute Gasteiger partial charge is 0.314 e. The third kappa shape index (κ3) is 4.91. The highest BCUT2D eigenvalue weighted by Gasteiger charge is 2.32. The molecule has 0 fully saturated rings. The van der Waals surface area contributed by atoms with Gasteiger partial charge in [0.25, 0.3) is 0 Å². The van der Waals surface area contributed by atoms with Crippen molar-refractivity contribution in [2.45, 2.75) is 33.6 Å². The summed E-state index contributed by atoms with van der Waals surface area (Å²) in [5, 5.41) is 8.86. The summed E-state index contributed by atoms with van der Waals surface area (Å²) in [5.74, 6) is -3.01. The van der Waals surface area contributed by atoms with Gasteiger partial charge in [0.2, 0.25) is 0 Å². The van der Waals surface area contributed by atoms with Gasteiger partial charge in [-0.15, -0.1) is 0 Å². The highest BCUT2D eigenvalue weighted by molar-refractivity contribution is 5.96. The fraction of sp³-hybridized carbons (Fsp3) is 0.727. The minimum absolute atomic E-state index is 0.0978. The molecule has 0 aliphatic rings. The number of hydrogen-bond donors (Lipinski definition) is 1. The first-order valence-corrected chi connectivity index (χ1v) is 4.99. The van der Waals surface area contributed by atoms with Gasteiger partial charge in [-0.3, -0.25) is 14.4 Å². The minimum atomic E-state index is -1.15. The Morgan fingerprint density at radius 1 is 1.31 bits per heavy atom. The number of rotatable bonds is 6. The van der Waals surface area contributed by atoms with E-state index < -0.39 is 29.1 Å². The van der Waals surface area contributed by atoms with Gasteiger partial charge in [-0.05, 0) is 18.8 Å². The molecule has 5 heteroatoms. The molecule has 5 nitrogen and oxygen atoms in total. The van der Waals surface area contributed by atoms with E-state index in [1.165, 1.54) is 14.0 Å². The van der Waals surface area contributed by atoms with E-state index in [1.807, 2.05) is 0 Å². The van der Waals surface area contributed by atoms with Crippen molar-refractivity contribution < 1.29 is 24.2 Å². The third-order valence-corrected chi connectivity index (χ3v) is 2.40. The molecular formula is C11H18O5. The molecule has 0 aliphatic heterocycles. The van der Waals surface area contributed by atoms with Gasteiger partial charge < -0.3 is 9.84 Å². The zero-order valence-electron chi connectivity index (χ0n) is 10.1. The highest BCUT2D eigenvalue weighted by atomic mass is 16.5. The summed E-state index contributed by atoms with van der Waals surface area (Å²) in [6.07, 6.45) is 0.229. The van der Waals surface area contributed by atoms with E-state index in [1.54, 1.807) is 13.8 Å². The molecule has 92 valence electrons. The van der Waals surface area contributed by atoms with E-state index in [2.05, 4.69) is 4.74 Å². The predicted octanol–water partition coefficient (Wildman–Crippen LogP) is 1.26. The van der Waals surface area contributed by atoms with Crippen molar-refractivity contribution in [2.24, 2.45) is 11.3 Å². The second-order valence-electron chi connectivity index (χ2n) is 4.62. The van der Waals surface area contributed by atoms with E-state index in [-0.39, 0.29) is 12.8 Å². The Hall–Kier alpha value is -1.39. The van der Waals surface area contributed by atoms with Crippen molar-refractivity contribution in [2.75, 3.05) is 7.11 Å². The molecule has 0 radical (unpaired) electrons. The quantitative estimate of drug-likeness (QED) is 0.548. The Labute approximate surface area is 94.8 Å². The number of carbonyl (C=O) groups is 3. The number of carboxylic acids is 1. The normalized spacial score (nSPS) is 13.0. The zero-order chi connectivity index (χ0) is 12.9. The van der Waals surface area contributed by atoms with Crippen molar-refractivity contribution in [3.8, 4) is 0 Å². The monoisotopic (exact) mass is 230 g/mol. The van der Waals surface area contributed by atoms with Crippen LogP contribution >= 0.6 is 0 Å². The van der Waals surface area contributed by atoms with Crippen molar-refractivity contribution in [1.29, 1.82) is 0 Å². The maximum atomic E-state index is 11.1. The summed E-state index contributed by atoms with van der Waals surface area (Å²) in [6.45, 7) is 4.72. The van der Waals surface area contributed by atoms with Gasteiger partial charge in [0.15, 0.2) is 0 Å². The number of Topliss-reactive ketones (excluding diaryl/α,β-unsaturated/α-hetero) is 1. The molecule has 0 amide bonds. The lowest BCUT2D eigenvalue weighted by atomic mass is 9.79. The van der Waals surface area contributed by atoms with E-state index in [4.69, 9.17) is 5.11 Å². The zero-order valence-corrected chi connectivity index (χ0v) is 10.1. The van der Waals surface area contributed by atoms with Crippen molar-refractivity contribution >= 4 is 17.7 Å². The molecule has 1 N–H and O–H groups in total. The van der Waals surface area contributed by atoms with Crippen molar-refractivity contribution in [3.05, 3.63) is 0 Å². The summed E-state index contributed by atoms with van der Waals surface area (Å²) < 4.78 is 4.52. The molecule has 0 aromatic rings. The summed E-state index contributed by atoms with van der Waals surface area (Å²) in [7, 11) is 1.28. The van der Waals surface area contributed by atoms with Crippen LogP contribution in [0.2, 0.25) is 0 Å². The van der Waals surface area contributed by atoms with Gasteiger partial charge in [0, 0.05) is 0 Å². The second kappa shape index (κ2) is 5.63. The topological polar surface area (TPSA) is 80.7 Å². The Kier molecular flexibility index (Phi) is 5.14. The van der Waals surface area contributed by atoms with Gasteiger partial charge in [-0.2, -0.15) is 0 Å². The van der Waals surface area contributed by atoms with Gasteiger partial charge >= 0.3 is 11.9 Å². The average molecular weight is 230 g/mol. The maximum absolute atomic E-state index is 11.1.